The lowest BCUT2D eigenvalue weighted by Gasteiger charge is -2.26. The van der Waals surface area contributed by atoms with Crippen LogP contribution >= 0.6 is 0 Å². The zero-order valence-corrected chi connectivity index (χ0v) is 10.8. The Morgan fingerprint density at radius 1 is 1.35 bits per heavy atom. The summed E-state index contributed by atoms with van der Waals surface area (Å²) in [5.41, 5.74) is 1.25. The summed E-state index contributed by atoms with van der Waals surface area (Å²) in [6.07, 6.45) is 0.632. The number of likely N-dealkylation sites (N-methyl/N-ethyl adjacent to an activating group) is 1. The van der Waals surface area contributed by atoms with Crippen molar-refractivity contribution in [3.63, 3.8) is 0 Å². The summed E-state index contributed by atoms with van der Waals surface area (Å²) in [5, 5.41) is 9.09. The van der Waals surface area contributed by atoms with E-state index in [-0.39, 0.29) is 6.04 Å². The molecule has 1 aromatic rings. The number of hydrogen-bond acceptors (Lipinski definition) is 2. The number of rotatable bonds is 6. The van der Waals surface area contributed by atoms with Crippen LogP contribution in [0.25, 0.3) is 0 Å². The van der Waals surface area contributed by atoms with Crippen molar-refractivity contribution in [2.24, 2.45) is 0 Å². The molecule has 3 nitrogen and oxygen atoms in total. The van der Waals surface area contributed by atoms with Crippen molar-refractivity contribution in [3.8, 4) is 0 Å². The lowest BCUT2D eigenvalue weighted by atomic mass is 10.00. The van der Waals surface area contributed by atoms with Crippen molar-refractivity contribution in [3.05, 3.63) is 35.9 Å². The first-order valence-corrected chi connectivity index (χ1v) is 6.04. The molecule has 2 atom stereocenters. The molecule has 1 aromatic carbocycles. The molecule has 0 aliphatic carbocycles. The van der Waals surface area contributed by atoms with E-state index < -0.39 is 5.97 Å². The van der Waals surface area contributed by atoms with Crippen molar-refractivity contribution in [1.29, 1.82) is 0 Å². The number of benzene rings is 1. The Balaban J connectivity index is 2.62. The number of aliphatic carboxylic acids is 1. The topological polar surface area (TPSA) is 40.5 Å². The molecule has 0 spiro atoms. The van der Waals surface area contributed by atoms with Crippen molar-refractivity contribution in [2.75, 3.05) is 13.6 Å². The normalized spacial score (nSPS) is 14.6. The van der Waals surface area contributed by atoms with Gasteiger partial charge in [0, 0.05) is 6.54 Å². The molecular weight excluding hydrogens is 214 g/mol. The van der Waals surface area contributed by atoms with Gasteiger partial charge in [-0.05, 0) is 24.9 Å². The van der Waals surface area contributed by atoms with Gasteiger partial charge in [0.25, 0.3) is 0 Å². The molecule has 94 valence electrons. The Kier molecular flexibility index (Phi) is 5.16. The second kappa shape index (κ2) is 6.40. The predicted octanol–water partition coefficient (Wildman–Crippen LogP) is 2.59. The predicted molar refractivity (Wildman–Crippen MR) is 69.2 cm³/mol. The molecule has 0 fully saturated rings. The molecule has 0 radical (unpaired) electrons. The van der Waals surface area contributed by atoms with E-state index in [0.717, 1.165) is 6.54 Å². The smallest absolute Gasteiger partial charge is 0.320 e. The van der Waals surface area contributed by atoms with Gasteiger partial charge in [0.2, 0.25) is 0 Å². The van der Waals surface area contributed by atoms with Crippen LogP contribution in [0, 0.1) is 0 Å². The Morgan fingerprint density at radius 2 is 1.94 bits per heavy atom. The number of nitrogens with zero attached hydrogens (tertiary/aromatic N) is 1. The molecule has 1 rings (SSSR count). The van der Waals surface area contributed by atoms with E-state index in [2.05, 4.69) is 19.1 Å². The van der Waals surface area contributed by atoms with E-state index in [4.69, 9.17) is 5.11 Å². The van der Waals surface area contributed by atoms with Crippen LogP contribution in [0.3, 0.4) is 0 Å². The number of carbonyl (C=O) groups is 1. The Labute approximate surface area is 103 Å². The van der Waals surface area contributed by atoms with Gasteiger partial charge in [-0.2, -0.15) is 0 Å². The third-order valence-corrected chi connectivity index (χ3v) is 3.13. The highest BCUT2D eigenvalue weighted by atomic mass is 16.4. The summed E-state index contributed by atoms with van der Waals surface area (Å²) < 4.78 is 0. The molecular formula is C14H21NO2. The Morgan fingerprint density at radius 3 is 2.41 bits per heavy atom. The summed E-state index contributed by atoms with van der Waals surface area (Å²) in [6.45, 7) is 4.79. The number of carboxylic acid groups (broad SMARTS) is 1. The van der Waals surface area contributed by atoms with Gasteiger partial charge in [0.1, 0.15) is 6.04 Å². The van der Waals surface area contributed by atoms with Gasteiger partial charge < -0.3 is 5.11 Å². The fourth-order valence-electron chi connectivity index (χ4n) is 2.12. The fraction of sp³-hybridized carbons (Fsp3) is 0.500. The van der Waals surface area contributed by atoms with Crippen LogP contribution in [0.5, 0.6) is 0 Å². The Bertz CT molecular complexity index is 350. The molecule has 0 saturated carbocycles. The van der Waals surface area contributed by atoms with E-state index in [1.54, 1.807) is 0 Å². The molecule has 3 heteroatoms. The Hall–Kier alpha value is -1.35. The third kappa shape index (κ3) is 3.86. The zero-order valence-electron chi connectivity index (χ0n) is 10.8. The molecule has 17 heavy (non-hydrogen) atoms. The SMILES string of the molecule is CCC(C(=O)O)N(C)CC(C)c1ccccc1. The maximum absolute atomic E-state index is 11.0. The monoisotopic (exact) mass is 235 g/mol. The number of carboxylic acids is 1. The average Bonchev–Trinajstić information content (AvgIpc) is 2.30. The third-order valence-electron chi connectivity index (χ3n) is 3.13. The van der Waals surface area contributed by atoms with Crippen LogP contribution in [-0.2, 0) is 4.79 Å². The largest absolute Gasteiger partial charge is 0.480 e. The summed E-state index contributed by atoms with van der Waals surface area (Å²) in [6, 6.07) is 9.80. The maximum atomic E-state index is 11.0. The molecule has 0 heterocycles. The second-order valence-electron chi connectivity index (χ2n) is 4.51. The van der Waals surface area contributed by atoms with Crippen LogP contribution in [-0.4, -0.2) is 35.6 Å². The molecule has 0 amide bonds. The number of hydrogen-bond donors (Lipinski definition) is 1. The second-order valence-corrected chi connectivity index (χ2v) is 4.51. The van der Waals surface area contributed by atoms with Gasteiger partial charge >= 0.3 is 5.97 Å². The molecule has 0 aliphatic heterocycles. The van der Waals surface area contributed by atoms with Crippen molar-refractivity contribution in [1.82, 2.24) is 4.90 Å². The first-order chi connectivity index (χ1) is 8.06. The van der Waals surface area contributed by atoms with Gasteiger partial charge in [-0.15, -0.1) is 0 Å². The summed E-state index contributed by atoms with van der Waals surface area (Å²) in [7, 11) is 1.88. The van der Waals surface area contributed by atoms with E-state index in [9.17, 15) is 4.79 Å². The van der Waals surface area contributed by atoms with Gasteiger partial charge in [-0.25, -0.2) is 0 Å². The summed E-state index contributed by atoms with van der Waals surface area (Å²) >= 11 is 0. The van der Waals surface area contributed by atoms with Crippen LogP contribution < -0.4 is 0 Å². The highest BCUT2D eigenvalue weighted by Crippen LogP contribution is 2.17. The van der Waals surface area contributed by atoms with Gasteiger partial charge in [0.15, 0.2) is 0 Å². The van der Waals surface area contributed by atoms with E-state index >= 15 is 0 Å². The summed E-state index contributed by atoms with van der Waals surface area (Å²) in [4.78, 5) is 13.0. The first kappa shape index (κ1) is 13.7. The maximum Gasteiger partial charge on any atom is 0.320 e. The summed E-state index contributed by atoms with van der Waals surface area (Å²) in [5.74, 6) is -0.398. The minimum atomic E-state index is -0.740. The van der Waals surface area contributed by atoms with Crippen molar-refractivity contribution >= 4 is 5.97 Å². The van der Waals surface area contributed by atoms with Crippen LogP contribution in [0.4, 0.5) is 0 Å². The molecule has 0 bridgehead atoms. The lowest BCUT2D eigenvalue weighted by Crippen LogP contribution is -2.39. The van der Waals surface area contributed by atoms with Gasteiger partial charge in [-0.3, -0.25) is 9.69 Å². The van der Waals surface area contributed by atoms with E-state index in [1.807, 2.05) is 37.1 Å². The van der Waals surface area contributed by atoms with Crippen molar-refractivity contribution in [2.45, 2.75) is 32.2 Å². The minimum absolute atomic E-state index is 0.342. The minimum Gasteiger partial charge on any atom is -0.480 e. The molecule has 0 aliphatic rings. The van der Waals surface area contributed by atoms with E-state index in [0.29, 0.717) is 12.3 Å². The average molecular weight is 235 g/mol. The van der Waals surface area contributed by atoms with E-state index in [1.165, 1.54) is 5.56 Å². The van der Waals surface area contributed by atoms with Crippen molar-refractivity contribution < 1.29 is 9.90 Å². The fourth-order valence-corrected chi connectivity index (χ4v) is 2.12. The molecule has 2 unspecified atom stereocenters. The van der Waals surface area contributed by atoms with Crippen LogP contribution in [0.1, 0.15) is 31.7 Å². The van der Waals surface area contributed by atoms with Gasteiger partial charge in [-0.1, -0.05) is 44.2 Å². The standard InChI is InChI=1S/C14H21NO2/c1-4-13(14(16)17)15(3)10-11(2)12-8-6-5-7-9-12/h5-9,11,13H,4,10H2,1-3H3,(H,16,17). The van der Waals surface area contributed by atoms with Crippen LogP contribution in [0.15, 0.2) is 30.3 Å². The van der Waals surface area contributed by atoms with Gasteiger partial charge in [0.05, 0.1) is 0 Å². The molecule has 0 aromatic heterocycles. The highest BCUT2D eigenvalue weighted by molar-refractivity contribution is 5.73. The first-order valence-electron chi connectivity index (χ1n) is 6.04. The highest BCUT2D eigenvalue weighted by Gasteiger charge is 2.21. The molecule has 0 saturated heterocycles. The van der Waals surface area contributed by atoms with Crippen LogP contribution in [0.2, 0.25) is 0 Å². The quantitative estimate of drug-likeness (QED) is 0.824. The molecule has 1 N–H and O–H groups in total. The lowest BCUT2D eigenvalue weighted by molar-refractivity contribution is -0.142. The zero-order chi connectivity index (χ0) is 12.8.